The van der Waals surface area contributed by atoms with Gasteiger partial charge in [-0.3, -0.25) is 14.6 Å². The Balaban J connectivity index is 1.47. The van der Waals surface area contributed by atoms with E-state index in [1.54, 1.807) is 18.6 Å². The molecule has 0 spiro atoms. The van der Waals surface area contributed by atoms with E-state index in [0.717, 1.165) is 16.7 Å². The van der Waals surface area contributed by atoms with Gasteiger partial charge in [-0.15, -0.1) is 5.10 Å². The van der Waals surface area contributed by atoms with E-state index in [9.17, 15) is 9.59 Å². The lowest BCUT2D eigenvalue weighted by molar-refractivity contribution is 0.0939. The SMILES string of the molecule is Cc1cc(C)cc(C(=O)NCCn2cc(C(=O)NCc3ccncc3)nn2)c1. The van der Waals surface area contributed by atoms with Crippen molar-refractivity contribution < 1.29 is 9.59 Å². The van der Waals surface area contributed by atoms with Crippen molar-refractivity contribution in [1.82, 2.24) is 30.6 Å². The number of aromatic nitrogens is 4. The second kappa shape index (κ2) is 8.90. The van der Waals surface area contributed by atoms with Crippen molar-refractivity contribution >= 4 is 11.8 Å². The number of nitrogens with zero attached hydrogens (tertiary/aromatic N) is 4. The normalized spacial score (nSPS) is 10.5. The molecule has 0 aliphatic heterocycles. The molecule has 8 nitrogen and oxygen atoms in total. The molecule has 3 aromatic rings. The number of carbonyl (C=O) groups excluding carboxylic acids is 2. The molecule has 2 heterocycles. The molecule has 0 unspecified atom stereocenters. The minimum Gasteiger partial charge on any atom is -0.350 e. The summed E-state index contributed by atoms with van der Waals surface area (Å²) in [7, 11) is 0. The summed E-state index contributed by atoms with van der Waals surface area (Å²) < 4.78 is 1.53. The predicted octanol–water partition coefficient (Wildman–Crippen LogP) is 1.65. The zero-order valence-electron chi connectivity index (χ0n) is 15.8. The Bertz CT molecular complexity index is 948. The summed E-state index contributed by atoms with van der Waals surface area (Å²) in [6.45, 7) is 5.11. The molecule has 2 N–H and O–H groups in total. The Kier molecular flexibility index (Phi) is 6.11. The van der Waals surface area contributed by atoms with Gasteiger partial charge in [-0.2, -0.15) is 0 Å². The van der Waals surface area contributed by atoms with Crippen LogP contribution in [0.4, 0.5) is 0 Å². The number of carbonyl (C=O) groups is 2. The van der Waals surface area contributed by atoms with Crippen molar-refractivity contribution in [3.63, 3.8) is 0 Å². The molecule has 0 atom stereocenters. The lowest BCUT2D eigenvalue weighted by Crippen LogP contribution is -2.27. The molecule has 0 aliphatic rings. The van der Waals surface area contributed by atoms with Gasteiger partial charge in [-0.1, -0.05) is 22.4 Å². The smallest absolute Gasteiger partial charge is 0.273 e. The van der Waals surface area contributed by atoms with Crippen LogP contribution in [-0.4, -0.2) is 38.3 Å². The first-order valence-electron chi connectivity index (χ1n) is 8.95. The minimum atomic E-state index is -0.303. The molecule has 3 rings (SSSR count). The Hall–Kier alpha value is -3.55. The summed E-state index contributed by atoms with van der Waals surface area (Å²) in [5, 5.41) is 13.5. The van der Waals surface area contributed by atoms with Crippen LogP contribution < -0.4 is 10.6 Å². The number of aryl methyl sites for hydroxylation is 2. The number of pyridine rings is 1. The zero-order valence-corrected chi connectivity index (χ0v) is 15.8. The van der Waals surface area contributed by atoms with Crippen molar-refractivity contribution in [2.75, 3.05) is 6.54 Å². The maximum absolute atomic E-state index is 12.2. The fraction of sp³-hybridized carbons (Fsp3) is 0.250. The fourth-order valence-corrected chi connectivity index (χ4v) is 2.78. The molecule has 0 radical (unpaired) electrons. The van der Waals surface area contributed by atoms with E-state index in [-0.39, 0.29) is 17.5 Å². The van der Waals surface area contributed by atoms with Crippen LogP contribution in [0.5, 0.6) is 0 Å². The lowest BCUT2D eigenvalue weighted by Gasteiger charge is -2.07. The van der Waals surface area contributed by atoms with Crippen LogP contribution in [0.25, 0.3) is 0 Å². The Morgan fingerprint density at radius 1 is 1.00 bits per heavy atom. The van der Waals surface area contributed by atoms with Gasteiger partial charge in [0.2, 0.25) is 0 Å². The Morgan fingerprint density at radius 2 is 1.71 bits per heavy atom. The number of nitrogens with one attached hydrogen (secondary N) is 2. The van der Waals surface area contributed by atoms with Crippen LogP contribution in [-0.2, 0) is 13.1 Å². The summed E-state index contributed by atoms with van der Waals surface area (Å²) >= 11 is 0. The van der Waals surface area contributed by atoms with Gasteiger partial charge in [0, 0.05) is 31.0 Å². The number of hydrogen-bond acceptors (Lipinski definition) is 5. The maximum atomic E-state index is 12.2. The van der Waals surface area contributed by atoms with E-state index < -0.39 is 0 Å². The molecular weight excluding hydrogens is 356 g/mol. The van der Waals surface area contributed by atoms with Gasteiger partial charge in [-0.25, -0.2) is 4.68 Å². The van der Waals surface area contributed by atoms with Gasteiger partial charge in [0.1, 0.15) is 0 Å². The highest BCUT2D eigenvalue weighted by Gasteiger charge is 2.11. The highest BCUT2D eigenvalue weighted by molar-refractivity contribution is 5.94. The van der Waals surface area contributed by atoms with Gasteiger partial charge in [0.05, 0.1) is 12.7 Å². The van der Waals surface area contributed by atoms with Gasteiger partial charge >= 0.3 is 0 Å². The third-order valence-electron chi connectivity index (χ3n) is 4.08. The second-order valence-corrected chi connectivity index (χ2v) is 6.54. The standard InChI is InChI=1S/C20H22N6O2/c1-14-9-15(2)11-17(10-14)19(27)22-7-8-26-13-18(24-25-26)20(28)23-12-16-3-5-21-6-4-16/h3-6,9-11,13H,7-8,12H2,1-2H3,(H,22,27)(H,23,28). The van der Waals surface area contributed by atoms with Crippen LogP contribution in [0, 0.1) is 13.8 Å². The van der Waals surface area contributed by atoms with Crippen molar-refractivity contribution in [2.24, 2.45) is 0 Å². The minimum absolute atomic E-state index is 0.137. The number of amides is 2. The molecule has 2 aromatic heterocycles. The maximum Gasteiger partial charge on any atom is 0.273 e. The molecule has 1 aromatic carbocycles. The summed E-state index contributed by atoms with van der Waals surface area (Å²) in [4.78, 5) is 28.3. The highest BCUT2D eigenvalue weighted by atomic mass is 16.2. The molecule has 0 bridgehead atoms. The van der Waals surface area contributed by atoms with Crippen molar-refractivity contribution in [3.8, 4) is 0 Å². The van der Waals surface area contributed by atoms with E-state index in [1.807, 2.05) is 44.2 Å². The molecule has 144 valence electrons. The first kappa shape index (κ1) is 19.2. The topological polar surface area (TPSA) is 102 Å². The summed E-state index contributed by atoms with van der Waals surface area (Å²) in [6.07, 6.45) is 4.90. The van der Waals surface area contributed by atoms with Gasteiger partial charge in [0.15, 0.2) is 5.69 Å². The van der Waals surface area contributed by atoms with E-state index in [4.69, 9.17) is 0 Å². The quantitative estimate of drug-likeness (QED) is 0.651. The van der Waals surface area contributed by atoms with E-state index in [1.165, 1.54) is 4.68 Å². The monoisotopic (exact) mass is 378 g/mol. The molecular formula is C20H22N6O2. The molecule has 0 saturated carbocycles. The zero-order chi connectivity index (χ0) is 19.9. The first-order valence-corrected chi connectivity index (χ1v) is 8.95. The van der Waals surface area contributed by atoms with Crippen molar-refractivity contribution in [1.29, 1.82) is 0 Å². The highest BCUT2D eigenvalue weighted by Crippen LogP contribution is 2.08. The average molecular weight is 378 g/mol. The number of benzene rings is 1. The first-order chi connectivity index (χ1) is 13.5. The molecule has 2 amide bonds. The predicted molar refractivity (Wildman–Crippen MR) is 104 cm³/mol. The molecule has 0 saturated heterocycles. The largest absolute Gasteiger partial charge is 0.350 e. The molecule has 0 fully saturated rings. The van der Waals surface area contributed by atoms with E-state index >= 15 is 0 Å². The molecule has 28 heavy (non-hydrogen) atoms. The fourth-order valence-electron chi connectivity index (χ4n) is 2.78. The van der Waals surface area contributed by atoms with Gasteiger partial charge in [-0.05, 0) is 43.7 Å². The number of rotatable bonds is 7. The van der Waals surface area contributed by atoms with Crippen molar-refractivity contribution in [2.45, 2.75) is 26.9 Å². The third-order valence-corrected chi connectivity index (χ3v) is 4.08. The van der Waals surface area contributed by atoms with Crippen molar-refractivity contribution in [3.05, 3.63) is 76.9 Å². The molecule has 0 aliphatic carbocycles. The van der Waals surface area contributed by atoms with Gasteiger partial charge in [0.25, 0.3) is 11.8 Å². The third kappa shape index (κ3) is 5.23. The second-order valence-electron chi connectivity index (χ2n) is 6.54. The Labute approximate surface area is 163 Å². The van der Waals surface area contributed by atoms with Crippen LogP contribution in [0.1, 0.15) is 37.5 Å². The molecule has 8 heteroatoms. The van der Waals surface area contributed by atoms with Crippen LogP contribution in [0.3, 0.4) is 0 Å². The summed E-state index contributed by atoms with van der Waals surface area (Å²) in [5.74, 6) is -0.440. The number of hydrogen-bond donors (Lipinski definition) is 2. The summed E-state index contributed by atoms with van der Waals surface area (Å²) in [6, 6.07) is 9.38. The van der Waals surface area contributed by atoms with E-state index in [0.29, 0.717) is 25.2 Å². The van der Waals surface area contributed by atoms with Crippen LogP contribution in [0.15, 0.2) is 48.9 Å². The van der Waals surface area contributed by atoms with Gasteiger partial charge < -0.3 is 10.6 Å². The lowest BCUT2D eigenvalue weighted by atomic mass is 10.1. The summed E-state index contributed by atoms with van der Waals surface area (Å²) in [5.41, 5.74) is 3.90. The van der Waals surface area contributed by atoms with E-state index in [2.05, 4.69) is 25.9 Å². The van der Waals surface area contributed by atoms with Crippen LogP contribution >= 0.6 is 0 Å². The Morgan fingerprint density at radius 3 is 2.43 bits per heavy atom. The average Bonchev–Trinajstić information content (AvgIpc) is 3.15. The van der Waals surface area contributed by atoms with Crippen LogP contribution in [0.2, 0.25) is 0 Å².